The minimum absolute atomic E-state index is 0.259. The van der Waals surface area contributed by atoms with Crippen LogP contribution in [-0.2, 0) is 6.42 Å². The first-order valence-corrected chi connectivity index (χ1v) is 6.44. The van der Waals surface area contributed by atoms with E-state index in [9.17, 15) is 4.39 Å². The maximum atomic E-state index is 13.3. The summed E-state index contributed by atoms with van der Waals surface area (Å²) >= 11 is 6.13. The Bertz CT molecular complexity index is 595. The Balaban J connectivity index is 2.09. The van der Waals surface area contributed by atoms with Crippen LogP contribution in [-0.4, -0.2) is 6.54 Å². The Morgan fingerprint density at radius 1 is 1.11 bits per heavy atom. The summed E-state index contributed by atoms with van der Waals surface area (Å²) in [5.74, 6) is -0.259. The predicted octanol–water partition coefficient (Wildman–Crippen LogP) is 4.50. The number of rotatable bonds is 1. The second-order valence-electron chi connectivity index (χ2n) is 4.53. The average molecular weight is 262 g/mol. The molecule has 0 aliphatic carbocycles. The van der Waals surface area contributed by atoms with Gasteiger partial charge in [0.05, 0.1) is 0 Å². The summed E-state index contributed by atoms with van der Waals surface area (Å²) in [5, 5.41) is 3.94. The Hall–Kier alpha value is -1.54. The molecule has 0 radical (unpaired) electrons. The maximum absolute atomic E-state index is 13.3. The molecular weight excluding hydrogens is 249 g/mol. The highest BCUT2D eigenvalue weighted by atomic mass is 35.5. The molecule has 0 saturated heterocycles. The van der Waals surface area contributed by atoms with Crippen molar-refractivity contribution in [2.24, 2.45) is 0 Å². The van der Waals surface area contributed by atoms with Crippen molar-refractivity contribution in [2.75, 3.05) is 11.9 Å². The molecule has 18 heavy (non-hydrogen) atoms. The fourth-order valence-electron chi connectivity index (χ4n) is 2.36. The number of benzene rings is 2. The molecule has 2 aromatic rings. The molecule has 0 saturated carbocycles. The summed E-state index contributed by atoms with van der Waals surface area (Å²) in [4.78, 5) is 0. The predicted molar refractivity (Wildman–Crippen MR) is 73.7 cm³/mol. The first-order valence-electron chi connectivity index (χ1n) is 6.06. The summed E-state index contributed by atoms with van der Waals surface area (Å²) in [6.45, 7) is 1.02. The summed E-state index contributed by atoms with van der Waals surface area (Å²) in [6, 6.07) is 10.6. The van der Waals surface area contributed by atoms with Crippen LogP contribution in [0.4, 0.5) is 10.1 Å². The van der Waals surface area contributed by atoms with Gasteiger partial charge in [-0.05, 0) is 54.3 Å². The van der Waals surface area contributed by atoms with Gasteiger partial charge in [-0.3, -0.25) is 0 Å². The number of hydrogen-bond donors (Lipinski definition) is 1. The van der Waals surface area contributed by atoms with Gasteiger partial charge in [-0.25, -0.2) is 4.39 Å². The molecule has 0 atom stereocenters. The van der Waals surface area contributed by atoms with E-state index >= 15 is 0 Å². The van der Waals surface area contributed by atoms with E-state index in [1.54, 1.807) is 6.07 Å². The van der Waals surface area contributed by atoms with Crippen LogP contribution in [0.3, 0.4) is 0 Å². The Labute approximate surface area is 111 Å². The molecule has 0 amide bonds. The van der Waals surface area contributed by atoms with Crippen molar-refractivity contribution in [3.05, 3.63) is 52.8 Å². The fourth-order valence-corrected chi connectivity index (χ4v) is 2.59. The van der Waals surface area contributed by atoms with Crippen molar-refractivity contribution in [3.8, 4) is 11.1 Å². The Morgan fingerprint density at radius 3 is 2.89 bits per heavy atom. The largest absolute Gasteiger partial charge is 0.385 e. The van der Waals surface area contributed by atoms with Gasteiger partial charge in [0.25, 0.3) is 0 Å². The maximum Gasteiger partial charge on any atom is 0.123 e. The Kier molecular flexibility index (Phi) is 2.96. The lowest BCUT2D eigenvalue weighted by atomic mass is 9.97. The normalized spacial score (nSPS) is 13.9. The molecule has 0 unspecified atom stereocenters. The summed E-state index contributed by atoms with van der Waals surface area (Å²) in [6.07, 6.45) is 2.19. The third-order valence-corrected chi connectivity index (χ3v) is 3.61. The van der Waals surface area contributed by atoms with Crippen LogP contribution >= 0.6 is 11.6 Å². The van der Waals surface area contributed by atoms with Crippen molar-refractivity contribution in [2.45, 2.75) is 12.8 Å². The van der Waals surface area contributed by atoms with Crippen LogP contribution in [0.5, 0.6) is 0 Å². The monoisotopic (exact) mass is 261 g/mol. The molecule has 1 aliphatic heterocycles. The van der Waals surface area contributed by atoms with Gasteiger partial charge < -0.3 is 5.32 Å². The molecule has 1 aliphatic rings. The SMILES string of the molecule is Fc1ccc(Cl)c(-c2ccc3c(c2)CCCN3)c1. The van der Waals surface area contributed by atoms with E-state index in [-0.39, 0.29) is 5.82 Å². The molecule has 3 rings (SSSR count). The van der Waals surface area contributed by atoms with E-state index < -0.39 is 0 Å². The molecule has 0 bridgehead atoms. The van der Waals surface area contributed by atoms with Crippen LogP contribution < -0.4 is 5.32 Å². The van der Waals surface area contributed by atoms with Crippen LogP contribution in [0, 0.1) is 5.82 Å². The number of hydrogen-bond acceptors (Lipinski definition) is 1. The molecule has 0 fully saturated rings. The molecule has 1 N–H and O–H groups in total. The lowest BCUT2D eigenvalue weighted by Crippen LogP contribution is -2.11. The number of nitrogens with one attached hydrogen (secondary N) is 1. The highest BCUT2D eigenvalue weighted by Gasteiger charge is 2.11. The van der Waals surface area contributed by atoms with Crippen molar-refractivity contribution >= 4 is 17.3 Å². The van der Waals surface area contributed by atoms with E-state index in [4.69, 9.17) is 11.6 Å². The topological polar surface area (TPSA) is 12.0 Å². The van der Waals surface area contributed by atoms with Crippen molar-refractivity contribution in [1.29, 1.82) is 0 Å². The summed E-state index contributed by atoms with van der Waals surface area (Å²) in [7, 11) is 0. The van der Waals surface area contributed by atoms with Crippen LogP contribution in [0.2, 0.25) is 5.02 Å². The first-order chi connectivity index (χ1) is 8.74. The van der Waals surface area contributed by atoms with Gasteiger partial charge in [-0.1, -0.05) is 17.7 Å². The zero-order chi connectivity index (χ0) is 12.5. The number of anilines is 1. The zero-order valence-electron chi connectivity index (χ0n) is 9.84. The van der Waals surface area contributed by atoms with E-state index in [1.165, 1.54) is 23.4 Å². The third-order valence-electron chi connectivity index (χ3n) is 3.28. The van der Waals surface area contributed by atoms with Gasteiger partial charge in [0.2, 0.25) is 0 Å². The van der Waals surface area contributed by atoms with Gasteiger partial charge in [0.15, 0.2) is 0 Å². The number of fused-ring (bicyclic) bond motifs is 1. The lowest BCUT2D eigenvalue weighted by Gasteiger charge is -2.19. The van der Waals surface area contributed by atoms with E-state index in [1.807, 2.05) is 12.1 Å². The second kappa shape index (κ2) is 4.62. The quantitative estimate of drug-likeness (QED) is 0.797. The van der Waals surface area contributed by atoms with Gasteiger partial charge in [-0.2, -0.15) is 0 Å². The number of halogens is 2. The number of aryl methyl sites for hydroxylation is 1. The smallest absolute Gasteiger partial charge is 0.123 e. The first kappa shape index (κ1) is 11.5. The van der Waals surface area contributed by atoms with Gasteiger partial charge in [-0.15, -0.1) is 0 Å². The van der Waals surface area contributed by atoms with Crippen molar-refractivity contribution in [3.63, 3.8) is 0 Å². The van der Waals surface area contributed by atoms with Gasteiger partial charge >= 0.3 is 0 Å². The molecule has 1 nitrogen and oxygen atoms in total. The third kappa shape index (κ3) is 2.08. The molecule has 92 valence electrons. The molecule has 1 heterocycles. The van der Waals surface area contributed by atoms with Gasteiger partial charge in [0, 0.05) is 22.8 Å². The molecule has 0 aromatic heterocycles. The average Bonchev–Trinajstić information content (AvgIpc) is 2.41. The fraction of sp³-hybridized carbons (Fsp3) is 0.200. The summed E-state index contributed by atoms with van der Waals surface area (Å²) < 4.78 is 13.3. The van der Waals surface area contributed by atoms with E-state index in [2.05, 4.69) is 11.4 Å². The lowest BCUT2D eigenvalue weighted by molar-refractivity contribution is 0.628. The standard InChI is InChI=1S/C15H13ClFN/c16-14-5-4-12(17)9-13(14)10-3-6-15-11(8-10)2-1-7-18-15/h3-6,8-9,18H,1-2,7H2. The second-order valence-corrected chi connectivity index (χ2v) is 4.93. The Morgan fingerprint density at radius 2 is 2.00 bits per heavy atom. The summed E-state index contributed by atoms with van der Waals surface area (Å²) in [5.41, 5.74) is 4.18. The highest BCUT2D eigenvalue weighted by molar-refractivity contribution is 6.33. The van der Waals surface area contributed by atoms with Crippen molar-refractivity contribution in [1.82, 2.24) is 0 Å². The van der Waals surface area contributed by atoms with Crippen LogP contribution in [0.25, 0.3) is 11.1 Å². The zero-order valence-corrected chi connectivity index (χ0v) is 10.6. The van der Waals surface area contributed by atoms with E-state index in [0.717, 1.165) is 30.5 Å². The van der Waals surface area contributed by atoms with Crippen molar-refractivity contribution < 1.29 is 4.39 Å². The minimum atomic E-state index is -0.259. The molecule has 0 spiro atoms. The van der Waals surface area contributed by atoms with Crippen LogP contribution in [0.15, 0.2) is 36.4 Å². The van der Waals surface area contributed by atoms with Gasteiger partial charge in [0.1, 0.15) is 5.82 Å². The molecule has 2 aromatic carbocycles. The van der Waals surface area contributed by atoms with Crippen LogP contribution in [0.1, 0.15) is 12.0 Å². The molecule has 3 heteroatoms. The van der Waals surface area contributed by atoms with E-state index in [0.29, 0.717) is 5.02 Å². The minimum Gasteiger partial charge on any atom is -0.385 e. The highest BCUT2D eigenvalue weighted by Crippen LogP contribution is 2.32. The molecular formula is C15H13ClFN.